The van der Waals surface area contributed by atoms with E-state index in [2.05, 4.69) is 10.6 Å². The average Bonchev–Trinajstić information content (AvgIpc) is 2.89. The third kappa shape index (κ3) is 5.06. The van der Waals surface area contributed by atoms with Gasteiger partial charge in [-0.25, -0.2) is 4.79 Å². The topological polar surface area (TPSA) is 95.5 Å². The number of carboxylic acids is 1. The van der Waals surface area contributed by atoms with Crippen LogP contribution < -0.4 is 10.6 Å². The first kappa shape index (κ1) is 17.9. The molecule has 0 radical (unpaired) electrons. The van der Waals surface area contributed by atoms with Gasteiger partial charge < -0.3 is 15.7 Å². The van der Waals surface area contributed by atoms with Crippen molar-refractivity contribution in [2.75, 3.05) is 5.32 Å². The van der Waals surface area contributed by atoms with Gasteiger partial charge in [-0.1, -0.05) is 0 Å². The molecule has 1 aromatic carbocycles. The predicted molar refractivity (Wildman–Crippen MR) is 94.5 cm³/mol. The maximum Gasteiger partial charge on any atom is 0.345 e. The van der Waals surface area contributed by atoms with Crippen molar-refractivity contribution in [2.24, 2.45) is 0 Å². The number of hydrogen-bond donors (Lipinski definition) is 3. The Morgan fingerprint density at radius 3 is 2.50 bits per heavy atom. The van der Waals surface area contributed by atoms with Gasteiger partial charge in [-0.05, 0) is 49.9 Å². The minimum absolute atomic E-state index is 0.0568. The van der Waals surface area contributed by atoms with Crippen LogP contribution in [-0.4, -0.2) is 28.9 Å². The van der Waals surface area contributed by atoms with Crippen LogP contribution in [0.5, 0.6) is 0 Å². The molecule has 2 rings (SSSR count). The minimum atomic E-state index is -0.957. The molecule has 1 aromatic heterocycles. The lowest BCUT2D eigenvalue weighted by Gasteiger charge is -2.08. The van der Waals surface area contributed by atoms with Crippen LogP contribution in [0.2, 0.25) is 0 Å². The minimum Gasteiger partial charge on any atom is -0.477 e. The highest BCUT2D eigenvalue weighted by molar-refractivity contribution is 7.20. The number of anilines is 1. The largest absolute Gasteiger partial charge is 0.477 e. The van der Waals surface area contributed by atoms with Crippen molar-refractivity contribution >= 4 is 44.9 Å². The van der Waals surface area contributed by atoms with E-state index >= 15 is 0 Å². The maximum absolute atomic E-state index is 11.9. The van der Waals surface area contributed by atoms with Gasteiger partial charge in [0.25, 0.3) is 0 Å². The van der Waals surface area contributed by atoms with Crippen LogP contribution in [-0.2, 0) is 9.59 Å². The molecule has 1 heterocycles. The third-order valence-electron chi connectivity index (χ3n) is 3.27. The lowest BCUT2D eigenvalue weighted by molar-refractivity contribution is -0.121. The molecule has 0 saturated heterocycles. The highest BCUT2D eigenvalue weighted by Gasteiger charge is 2.10. The first-order valence-corrected chi connectivity index (χ1v) is 8.53. The smallest absolute Gasteiger partial charge is 0.345 e. The van der Waals surface area contributed by atoms with Crippen molar-refractivity contribution in [1.29, 1.82) is 0 Å². The standard InChI is InChI=1S/C17H20N2O4S/c1-10(2)18-15(20)4-3-5-16(21)19-12-6-7-13-11(8-12)9-14(24-13)17(22)23/h6-10H,3-5H2,1-2H3,(H,18,20)(H,19,21)(H,22,23). The lowest BCUT2D eigenvalue weighted by atomic mass is 10.2. The Labute approximate surface area is 143 Å². The number of carboxylic acid groups (broad SMARTS) is 1. The van der Waals surface area contributed by atoms with E-state index in [4.69, 9.17) is 5.11 Å². The zero-order valence-electron chi connectivity index (χ0n) is 13.6. The van der Waals surface area contributed by atoms with E-state index in [-0.39, 0.29) is 29.2 Å². The lowest BCUT2D eigenvalue weighted by Crippen LogP contribution is -2.29. The van der Waals surface area contributed by atoms with E-state index in [1.165, 1.54) is 11.3 Å². The normalized spacial score (nSPS) is 10.8. The molecule has 3 N–H and O–H groups in total. The van der Waals surface area contributed by atoms with Gasteiger partial charge in [0, 0.05) is 29.3 Å². The van der Waals surface area contributed by atoms with Gasteiger partial charge in [0.1, 0.15) is 4.88 Å². The summed E-state index contributed by atoms with van der Waals surface area (Å²) in [7, 11) is 0. The van der Waals surface area contributed by atoms with Gasteiger partial charge in [0.15, 0.2) is 0 Å². The summed E-state index contributed by atoms with van der Waals surface area (Å²) in [6, 6.07) is 6.97. The van der Waals surface area contributed by atoms with Crippen molar-refractivity contribution in [3.05, 3.63) is 29.1 Å². The molecule has 0 aliphatic rings. The molecule has 0 aliphatic heterocycles. The van der Waals surface area contributed by atoms with Crippen LogP contribution in [0.15, 0.2) is 24.3 Å². The molecule has 24 heavy (non-hydrogen) atoms. The molecule has 0 spiro atoms. The summed E-state index contributed by atoms with van der Waals surface area (Å²) in [5.41, 5.74) is 0.619. The summed E-state index contributed by atoms with van der Waals surface area (Å²) in [5, 5.41) is 15.3. The van der Waals surface area contributed by atoms with Gasteiger partial charge in [0.05, 0.1) is 0 Å². The molecule has 6 nitrogen and oxygen atoms in total. The summed E-state index contributed by atoms with van der Waals surface area (Å²) in [5.74, 6) is -1.18. The second-order valence-corrected chi connectivity index (χ2v) is 6.88. The van der Waals surface area contributed by atoms with E-state index in [1.54, 1.807) is 24.3 Å². The predicted octanol–water partition coefficient (Wildman–Crippen LogP) is 3.23. The molecule has 7 heteroatoms. The van der Waals surface area contributed by atoms with Crippen LogP contribution >= 0.6 is 11.3 Å². The number of carbonyl (C=O) groups is 3. The van der Waals surface area contributed by atoms with E-state index < -0.39 is 5.97 Å². The van der Waals surface area contributed by atoms with E-state index in [0.29, 0.717) is 18.5 Å². The Bertz CT molecular complexity index is 767. The van der Waals surface area contributed by atoms with Crippen LogP contribution in [0, 0.1) is 0 Å². The molecular formula is C17H20N2O4S. The maximum atomic E-state index is 11.9. The number of nitrogens with one attached hydrogen (secondary N) is 2. The van der Waals surface area contributed by atoms with E-state index in [1.807, 2.05) is 13.8 Å². The molecule has 0 unspecified atom stereocenters. The van der Waals surface area contributed by atoms with Crippen LogP contribution in [0.1, 0.15) is 42.8 Å². The number of amides is 2. The highest BCUT2D eigenvalue weighted by atomic mass is 32.1. The molecule has 0 fully saturated rings. The number of rotatable bonds is 7. The second-order valence-electron chi connectivity index (χ2n) is 5.79. The number of benzene rings is 1. The van der Waals surface area contributed by atoms with Gasteiger partial charge in [-0.3, -0.25) is 9.59 Å². The fourth-order valence-corrected chi connectivity index (χ4v) is 3.14. The summed E-state index contributed by atoms with van der Waals surface area (Å²) in [6.07, 6.45) is 1.05. The number of hydrogen-bond acceptors (Lipinski definition) is 4. The monoisotopic (exact) mass is 348 g/mol. The Morgan fingerprint density at radius 2 is 1.83 bits per heavy atom. The zero-order valence-corrected chi connectivity index (χ0v) is 14.4. The Kier molecular flexibility index (Phi) is 5.92. The van der Waals surface area contributed by atoms with Crippen LogP contribution in [0.4, 0.5) is 5.69 Å². The Balaban J connectivity index is 1.88. The number of fused-ring (bicyclic) bond motifs is 1. The molecule has 2 aromatic rings. The average molecular weight is 348 g/mol. The van der Waals surface area contributed by atoms with Gasteiger partial charge >= 0.3 is 5.97 Å². The van der Waals surface area contributed by atoms with Crippen molar-refractivity contribution in [3.63, 3.8) is 0 Å². The first-order valence-electron chi connectivity index (χ1n) is 7.71. The summed E-state index contributed by atoms with van der Waals surface area (Å²) in [6.45, 7) is 3.78. The van der Waals surface area contributed by atoms with Crippen molar-refractivity contribution in [3.8, 4) is 0 Å². The molecule has 128 valence electrons. The molecule has 0 saturated carbocycles. The van der Waals surface area contributed by atoms with Crippen LogP contribution in [0.3, 0.4) is 0 Å². The number of aromatic carboxylic acids is 1. The molecule has 0 atom stereocenters. The number of thiophene rings is 1. The van der Waals surface area contributed by atoms with E-state index in [9.17, 15) is 14.4 Å². The molecule has 0 bridgehead atoms. The molecular weight excluding hydrogens is 328 g/mol. The van der Waals surface area contributed by atoms with Gasteiger partial charge in [-0.15, -0.1) is 11.3 Å². The fraction of sp³-hybridized carbons (Fsp3) is 0.353. The van der Waals surface area contributed by atoms with Crippen molar-refractivity contribution in [2.45, 2.75) is 39.2 Å². The van der Waals surface area contributed by atoms with Crippen LogP contribution in [0.25, 0.3) is 10.1 Å². The second kappa shape index (κ2) is 7.92. The Hall–Kier alpha value is -2.41. The highest BCUT2D eigenvalue weighted by Crippen LogP contribution is 2.28. The Morgan fingerprint density at radius 1 is 1.12 bits per heavy atom. The zero-order chi connectivity index (χ0) is 17.7. The SMILES string of the molecule is CC(C)NC(=O)CCCC(=O)Nc1ccc2sc(C(=O)O)cc2c1. The number of carbonyl (C=O) groups excluding carboxylic acids is 2. The quantitative estimate of drug-likeness (QED) is 0.716. The van der Waals surface area contributed by atoms with Crippen molar-refractivity contribution < 1.29 is 19.5 Å². The summed E-state index contributed by atoms with van der Waals surface area (Å²) < 4.78 is 0.857. The van der Waals surface area contributed by atoms with Gasteiger partial charge in [0.2, 0.25) is 11.8 Å². The molecule has 2 amide bonds. The summed E-state index contributed by atoms with van der Waals surface area (Å²) >= 11 is 1.20. The fourth-order valence-electron chi connectivity index (χ4n) is 2.25. The van der Waals surface area contributed by atoms with E-state index in [0.717, 1.165) is 10.1 Å². The van der Waals surface area contributed by atoms with Gasteiger partial charge in [-0.2, -0.15) is 0 Å². The first-order chi connectivity index (χ1) is 11.3. The molecule has 0 aliphatic carbocycles. The summed E-state index contributed by atoms with van der Waals surface area (Å²) in [4.78, 5) is 34.7. The van der Waals surface area contributed by atoms with Crippen molar-refractivity contribution in [1.82, 2.24) is 5.32 Å². The third-order valence-corrected chi connectivity index (χ3v) is 4.37.